The first-order chi connectivity index (χ1) is 15.8. The van der Waals surface area contributed by atoms with E-state index in [9.17, 15) is 4.79 Å². The number of amides is 1. The monoisotopic (exact) mass is 433 g/mol. The number of anilines is 1. The minimum absolute atomic E-state index is 0.118. The molecule has 0 radical (unpaired) electrons. The van der Waals surface area contributed by atoms with Gasteiger partial charge in [0.15, 0.2) is 0 Å². The van der Waals surface area contributed by atoms with Crippen LogP contribution in [-0.2, 0) is 0 Å². The van der Waals surface area contributed by atoms with E-state index in [4.69, 9.17) is 4.74 Å². The van der Waals surface area contributed by atoms with Crippen LogP contribution in [-0.4, -0.2) is 67.6 Å². The van der Waals surface area contributed by atoms with Crippen LogP contribution in [0.2, 0.25) is 0 Å². The average Bonchev–Trinajstić information content (AvgIpc) is 2.88. The number of carbonyl (C=O) groups excluding carboxylic acids is 1. The van der Waals surface area contributed by atoms with Crippen molar-refractivity contribution >= 4 is 11.6 Å². The molecule has 0 aliphatic carbocycles. The number of para-hydroxylation sites is 1. The smallest absolute Gasteiger partial charge is 0.253 e. The summed E-state index contributed by atoms with van der Waals surface area (Å²) in [5.41, 5.74) is 1.98. The fraction of sp³-hybridized carbons (Fsp3) is 0.519. The van der Waals surface area contributed by atoms with Crippen molar-refractivity contribution in [3.8, 4) is 5.75 Å². The lowest BCUT2D eigenvalue weighted by Crippen LogP contribution is -2.48. The third-order valence-electron chi connectivity index (χ3n) is 7.43. The predicted octanol–water partition coefficient (Wildman–Crippen LogP) is 4.29. The van der Waals surface area contributed by atoms with Gasteiger partial charge in [-0.25, -0.2) is 0 Å². The maximum Gasteiger partial charge on any atom is 0.253 e. The molecule has 3 heterocycles. The summed E-state index contributed by atoms with van der Waals surface area (Å²) in [6.45, 7) is 6.47. The van der Waals surface area contributed by atoms with Gasteiger partial charge in [0.1, 0.15) is 5.75 Å². The summed E-state index contributed by atoms with van der Waals surface area (Å²) >= 11 is 0. The van der Waals surface area contributed by atoms with Gasteiger partial charge in [0, 0.05) is 55.9 Å². The molecule has 0 spiro atoms. The quantitative estimate of drug-likeness (QED) is 0.705. The van der Waals surface area contributed by atoms with E-state index >= 15 is 0 Å². The molecule has 1 amide bonds. The Balaban J connectivity index is 1.09. The van der Waals surface area contributed by atoms with Gasteiger partial charge < -0.3 is 14.5 Å². The predicted molar refractivity (Wildman–Crippen MR) is 128 cm³/mol. The number of carbonyl (C=O) groups is 1. The highest BCUT2D eigenvalue weighted by atomic mass is 16.5. The van der Waals surface area contributed by atoms with E-state index in [1.807, 2.05) is 35.2 Å². The zero-order chi connectivity index (χ0) is 21.8. The summed E-state index contributed by atoms with van der Waals surface area (Å²) in [5.74, 6) is 1.61. The molecule has 0 aromatic heterocycles. The van der Waals surface area contributed by atoms with Crippen LogP contribution in [0.1, 0.15) is 42.5 Å². The third kappa shape index (κ3) is 4.93. The van der Waals surface area contributed by atoms with E-state index in [2.05, 4.69) is 34.1 Å². The first-order valence-electron chi connectivity index (χ1n) is 12.3. The van der Waals surface area contributed by atoms with Gasteiger partial charge in [-0.05, 0) is 68.6 Å². The summed E-state index contributed by atoms with van der Waals surface area (Å²) in [7, 11) is 0. The van der Waals surface area contributed by atoms with Crippen LogP contribution in [0, 0.1) is 5.92 Å². The van der Waals surface area contributed by atoms with E-state index in [0.717, 1.165) is 50.1 Å². The average molecular weight is 434 g/mol. The largest absolute Gasteiger partial charge is 0.493 e. The van der Waals surface area contributed by atoms with Gasteiger partial charge in [-0.3, -0.25) is 9.69 Å². The summed E-state index contributed by atoms with van der Waals surface area (Å²) in [5, 5.41) is 0. The molecule has 170 valence electrons. The molecular weight excluding hydrogens is 398 g/mol. The van der Waals surface area contributed by atoms with Crippen molar-refractivity contribution in [2.75, 3.05) is 50.8 Å². The molecule has 3 aliphatic heterocycles. The molecule has 5 rings (SSSR count). The zero-order valence-corrected chi connectivity index (χ0v) is 19.0. The molecule has 0 bridgehead atoms. The van der Waals surface area contributed by atoms with Crippen LogP contribution in [0.4, 0.5) is 5.69 Å². The summed E-state index contributed by atoms with van der Waals surface area (Å²) in [6, 6.07) is 19.0. The highest BCUT2D eigenvalue weighted by Gasteiger charge is 2.30. The fourth-order valence-electron chi connectivity index (χ4n) is 5.51. The lowest BCUT2D eigenvalue weighted by Gasteiger charge is -2.42. The van der Waals surface area contributed by atoms with Crippen LogP contribution in [0.25, 0.3) is 0 Å². The normalized spacial score (nSPS) is 24.1. The molecule has 5 heteroatoms. The second-order valence-corrected chi connectivity index (χ2v) is 9.54. The number of ether oxygens (including phenoxy) is 1. The summed E-state index contributed by atoms with van der Waals surface area (Å²) in [4.78, 5) is 19.9. The number of piperidine rings is 2. The molecule has 3 saturated heterocycles. The molecule has 3 fully saturated rings. The van der Waals surface area contributed by atoms with Gasteiger partial charge in [0.25, 0.3) is 5.91 Å². The Hall–Kier alpha value is -2.53. The first-order valence-corrected chi connectivity index (χ1v) is 12.3. The standard InChI is InChI=1S/C27H35N3O2/c31-27(29-18-16-28(17-19-29)24-6-2-1-3-7-24)23-10-13-26(14-11-23)32-21-22-9-12-25-8-4-5-15-30(25)20-22/h1-3,6-7,10-11,13-14,22,25H,4-5,8-9,12,15-21H2. The zero-order valence-electron chi connectivity index (χ0n) is 19.0. The molecule has 0 saturated carbocycles. The Kier molecular flexibility index (Phi) is 6.63. The fourth-order valence-corrected chi connectivity index (χ4v) is 5.51. The molecular formula is C27H35N3O2. The molecule has 2 aromatic rings. The van der Waals surface area contributed by atoms with Gasteiger partial charge in [0.2, 0.25) is 0 Å². The van der Waals surface area contributed by atoms with E-state index in [1.54, 1.807) is 0 Å². The number of fused-ring (bicyclic) bond motifs is 1. The first kappa shape index (κ1) is 21.3. The molecule has 3 aliphatic rings. The van der Waals surface area contributed by atoms with Crippen LogP contribution in [0.5, 0.6) is 5.75 Å². The lowest BCUT2D eigenvalue weighted by atomic mass is 9.88. The van der Waals surface area contributed by atoms with Crippen molar-refractivity contribution in [3.05, 3.63) is 60.2 Å². The molecule has 5 nitrogen and oxygen atoms in total. The summed E-state index contributed by atoms with van der Waals surface area (Å²) in [6.07, 6.45) is 6.72. The molecule has 2 aromatic carbocycles. The molecule has 0 N–H and O–H groups in total. The number of piperazine rings is 1. The Morgan fingerprint density at radius 2 is 1.62 bits per heavy atom. The van der Waals surface area contributed by atoms with Crippen LogP contribution in [0.3, 0.4) is 0 Å². The van der Waals surface area contributed by atoms with Crippen molar-refractivity contribution < 1.29 is 9.53 Å². The van der Waals surface area contributed by atoms with Crippen molar-refractivity contribution in [1.82, 2.24) is 9.80 Å². The SMILES string of the molecule is O=C(c1ccc(OCC2CCC3CCCCN3C2)cc1)N1CCN(c2ccccc2)CC1. The Bertz CT molecular complexity index is 878. The van der Waals surface area contributed by atoms with Gasteiger partial charge in [-0.1, -0.05) is 24.6 Å². The Morgan fingerprint density at radius 3 is 2.41 bits per heavy atom. The number of nitrogens with zero attached hydrogens (tertiary/aromatic N) is 3. The highest BCUT2D eigenvalue weighted by molar-refractivity contribution is 5.94. The lowest BCUT2D eigenvalue weighted by molar-refractivity contribution is 0.0565. The van der Waals surface area contributed by atoms with Gasteiger partial charge >= 0.3 is 0 Å². The minimum Gasteiger partial charge on any atom is -0.493 e. The van der Waals surface area contributed by atoms with Crippen LogP contribution in [0.15, 0.2) is 54.6 Å². The Labute approximate surface area is 191 Å². The maximum absolute atomic E-state index is 13.0. The van der Waals surface area contributed by atoms with E-state index in [-0.39, 0.29) is 5.91 Å². The maximum atomic E-state index is 13.0. The number of hydrogen-bond donors (Lipinski definition) is 0. The van der Waals surface area contributed by atoms with Gasteiger partial charge in [0.05, 0.1) is 6.61 Å². The molecule has 2 atom stereocenters. The van der Waals surface area contributed by atoms with Crippen molar-refractivity contribution in [2.24, 2.45) is 5.92 Å². The highest BCUT2D eigenvalue weighted by Crippen LogP contribution is 2.29. The number of hydrogen-bond acceptors (Lipinski definition) is 4. The van der Waals surface area contributed by atoms with Crippen LogP contribution < -0.4 is 9.64 Å². The topological polar surface area (TPSA) is 36.0 Å². The second-order valence-electron chi connectivity index (χ2n) is 9.54. The number of benzene rings is 2. The van der Waals surface area contributed by atoms with Gasteiger partial charge in [-0.2, -0.15) is 0 Å². The molecule has 2 unspecified atom stereocenters. The van der Waals surface area contributed by atoms with Gasteiger partial charge in [-0.15, -0.1) is 0 Å². The van der Waals surface area contributed by atoms with Crippen molar-refractivity contribution in [2.45, 2.75) is 38.1 Å². The molecule has 32 heavy (non-hydrogen) atoms. The summed E-state index contributed by atoms with van der Waals surface area (Å²) < 4.78 is 6.11. The second kappa shape index (κ2) is 9.95. The Morgan fingerprint density at radius 1 is 0.844 bits per heavy atom. The number of rotatable bonds is 5. The van der Waals surface area contributed by atoms with Crippen molar-refractivity contribution in [3.63, 3.8) is 0 Å². The van der Waals surface area contributed by atoms with E-state index in [1.165, 1.54) is 50.9 Å². The van der Waals surface area contributed by atoms with E-state index in [0.29, 0.717) is 5.92 Å². The third-order valence-corrected chi connectivity index (χ3v) is 7.43. The van der Waals surface area contributed by atoms with E-state index < -0.39 is 0 Å². The van der Waals surface area contributed by atoms with Crippen molar-refractivity contribution in [1.29, 1.82) is 0 Å². The van der Waals surface area contributed by atoms with Crippen LogP contribution >= 0.6 is 0 Å². The minimum atomic E-state index is 0.118.